The fourth-order valence-corrected chi connectivity index (χ4v) is 0.795. The first kappa shape index (κ1) is 8.35. The van der Waals surface area contributed by atoms with Crippen LogP contribution in [0.1, 0.15) is 6.92 Å². The molecule has 12 heavy (non-hydrogen) atoms. The van der Waals surface area contributed by atoms with Crippen LogP contribution in [-0.2, 0) is 0 Å². The highest BCUT2D eigenvalue weighted by Crippen LogP contribution is 2.11. The van der Waals surface area contributed by atoms with Crippen molar-refractivity contribution in [3.05, 3.63) is 42.2 Å². The van der Waals surface area contributed by atoms with Crippen LogP contribution in [0.25, 0.3) is 0 Å². The lowest BCUT2D eigenvalue weighted by Crippen LogP contribution is -1.88. The summed E-state index contributed by atoms with van der Waals surface area (Å²) >= 11 is 0. The molecule has 0 atom stereocenters. The standard InChI is InChI=1S/C10H9NO/c1-9(7-8-11)12-10-5-3-2-4-6-10/h2-7H,1H3/b9-7+. The lowest BCUT2D eigenvalue weighted by atomic mass is 10.3. The van der Waals surface area contributed by atoms with Crippen LogP contribution < -0.4 is 4.74 Å². The summed E-state index contributed by atoms with van der Waals surface area (Å²) < 4.78 is 5.29. The highest BCUT2D eigenvalue weighted by atomic mass is 16.5. The minimum Gasteiger partial charge on any atom is -0.461 e. The number of para-hydroxylation sites is 1. The third-order valence-electron chi connectivity index (χ3n) is 1.29. The molecular formula is C10H9NO. The molecule has 0 saturated carbocycles. The second kappa shape index (κ2) is 4.20. The molecule has 1 aromatic rings. The lowest BCUT2D eigenvalue weighted by Gasteiger charge is -2.02. The summed E-state index contributed by atoms with van der Waals surface area (Å²) in [6.45, 7) is 1.75. The molecule has 0 spiro atoms. The predicted octanol–water partition coefficient (Wildman–Crippen LogP) is 2.49. The molecule has 0 N–H and O–H groups in total. The molecule has 0 amide bonds. The molecule has 0 aliphatic rings. The van der Waals surface area contributed by atoms with Crippen molar-refractivity contribution in [1.29, 1.82) is 5.26 Å². The van der Waals surface area contributed by atoms with Gasteiger partial charge in [0.25, 0.3) is 0 Å². The minimum absolute atomic E-state index is 0.601. The van der Waals surface area contributed by atoms with E-state index in [-0.39, 0.29) is 0 Å². The van der Waals surface area contributed by atoms with E-state index in [0.717, 1.165) is 5.75 Å². The Morgan fingerprint density at radius 3 is 2.67 bits per heavy atom. The highest BCUT2D eigenvalue weighted by Gasteiger charge is 1.91. The predicted molar refractivity (Wildman–Crippen MR) is 46.4 cm³/mol. The van der Waals surface area contributed by atoms with Gasteiger partial charge in [0.2, 0.25) is 0 Å². The zero-order valence-electron chi connectivity index (χ0n) is 6.82. The van der Waals surface area contributed by atoms with Crippen molar-refractivity contribution in [3.8, 4) is 11.8 Å². The summed E-state index contributed by atoms with van der Waals surface area (Å²) in [5.41, 5.74) is 0. The van der Waals surface area contributed by atoms with Crippen LogP contribution >= 0.6 is 0 Å². The van der Waals surface area contributed by atoms with Gasteiger partial charge < -0.3 is 4.74 Å². The fourth-order valence-electron chi connectivity index (χ4n) is 0.795. The minimum atomic E-state index is 0.601. The van der Waals surface area contributed by atoms with Crippen molar-refractivity contribution < 1.29 is 4.74 Å². The summed E-state index contributed by atoms with van der Waals surface area (Å²) in [6.07, 6.45) is 1.37. The average molecular weight is 159 g/mol. The topological polar surface area (TPSA) is 33.0 Å². The number of hydrogen-bond donors (Lipinski definition) is 0. The molecule has 0 saturated heterocycles. The Kier molecular flexibility index (Phi) is 2.92. The van der Waals surface area contributed by atoms with Crippen molar-refractivity contribution in [3.63, 3.8) is 0 Å². The van der Waals surface area contributed by atoms with E-state index < -0.39 is 0 Å². The van der Waals surface area contributed by atoms with Gasteiger partial charge in [0.05, 0.1) is 12.1 Å². The SMILES string of the molecule is C/C(=C\C#N)Oc1ccccc1. The van der Waals surface area contributed by atoms with E-state index in [2.05, 4.69) is 0 Å². The Morgan fingerprint density at radius 2 is 2.08 bits per heavy atom. The molecule has 2 heteroatoms. The van der Waals surface area contributed by atoms with Gasteiger partial charge in [0, 0.05) is 0 Å². The van der Waals surface area contributed by atoms with Gasteiger partial charge in [0.1, 0.15) is 11.5 Å². The molecule has 0 aliphatic carbocycles. The largest absolute Gasteiger partial charge is 0.461 e. The number of ether oxygens (including phenoxy) is 1. The van der Waals surface area contributed by atoms with E-state index in [1.54, 1.807) is 6.92 Å². The molecular weight excluding hydrogens is 150 g/mol. The Balaban J connectivity index is 2.66. The van der Waals surface area contributed by atoms with Crippen molar-refractivity contribution in [1.82, 2.24) is 0 Å². The Bertz CT molecular complexity index is 308. The van der Waals surface area contributed by atoms with Crippen molar-refractivity contribution >= 4 is 0 Å². The van der Waals surface area contributed by atoms with Crippen LogP contribution in [0, 0.1) is 11.3 Å². The molecule has 2 nitrogen and oxygen atoms in total. The van der Waals surface area contributed by atoms with Gasteiger partial charge in [-0.25, -0.2) is 0 Å². The average Bonchev–Trinajstić information content (AvgIpc) is 2.06. The monoisotopic (exact) mass is 159 g/mol. The van der Waals surface area contributed by atoms with Crippen molar-refractivity contribution in [2.45, 2.75) is 6.92 Å². The van der Waals surface area contributed by atoms with Crippen molar-refractivity contribution in [2.24, 2.45) is 0 Å². The van der Waals surface area contributed by atoms with E-state index >= 15 is 0 Å². The van der Waals surface area contributed by atoms with Crippen LogP contribution in [0.4, 0.5) is 0 Å². The zero-order chi connectivity index (χ0) is 8.81. The molecule has 0 radical (unpaired) electrons. The van der Waals surface area contributed by atoms with E-state index in [9.17, 15) is 0 Å². The Hall–Kier alpha value is -1.75. The molecule has 0 unspecified atom stereocenters. The molecule has 60 valence electrons. The van der Waals surface area contributed by atoms with Gasteiger partial charge in [0.15, 0.2) is 0 Å². The second-order valence-corrected chi connectivity index (χ2v) is 2.30. The lowest BCUT2D eigenvalue weighted by molar-refractivity contribution is 0.428. The number of benzene rings is 1. The van der Waals surface area contributed by atoms with E-state index in [1.165, 1.54) is 6.08 Å². The number of nitriles is 1. The Labute approximate surface area is 71.7 Å². The molecule has 1 rings (SSSR count). The van der Waals surface area contributed by atoms with Crippen LogP contribution in [0.5, 0.6) is 5.75 Å². The zero-order valence-corrected chi connectivity index (χ0v) is 6.82. The molecule has 1 aromatic carbocycles. The first-order chi connectivity index (χ1) is 5.83. The number of allylic oxidation sites excluding steroid dienone is 2. The normalized spacial score (nSPS) is 10.5. The first-order valence-electron chi connectivity index (χ1n) is 3.62. The van der Waals surface area contributed by atoms with Gasteiger partial charge in [-0.1, -0.05) is 18.2 Å². The maximum Gasteiger partial charge on any atom is 0.126 e. The summed E-state index contributed by atoms with van der Waals surface area (Å²) in [5.74, 6) is 1.35. The fraction of sp³-hybridized carbons (Fsp3) is 0.100. The Morgan fingerprint density at radius 1 is 1.42 bits per heavy atom. The van der Waals surface area contributed by atoms with Gasteiger partial charge in [-0.05, 0) is 19.1 Å². The maximum atomic E-state index is 8.31. The molecule has 0 aromatic heterocycles. The van der Waals surface area contributed by atoms with E-state index in [4.69, 9.17) is 10.00 Å². The smallest absolute Gasteiger partial charge is 0.126 e. The maximum absolute atomic E-state index is 8.31. The van der Waals surface area contributed by atoms with Gasteiger partial charge in [-0.15, -0.1) is 0 Å². The van der Waals surface area contributed by atoms with Crippen molar-refractivity contribution in [2.75, 3.05) is 0 Å². The van der Waals surface area contributed by atoms with Gasteiger partial charge >= 0.3 is 0 Å². The summed E-state index contributed by atoms with van der Waals surface area (Å²) in [7, 11) is 0. The number of rotatable bonds is 2. The second-order valence-electron chi connectivity index (χ2n) is 2.30. The third kappa shape index (κ3) is 2.47. The van der Waals surface area contributed by atoms with Gasteiger partial charge in [-0.2, -0.15) is 5.26 Å². The summed E-state index contributed by atoms with van der Waals surface area (Å²) in [4.78, 5) is 0. The molecule has 0 bridgehead atoms. The quantitative estimate of drug-likeness (QED) is 0.490. The third-order valence-corrected chi connectivity index (χ3v) is 1.29. The van der Waals surface area contributed by atoms with Crippen LogP contribution in [-0.4, -0.2) is 0 Å². The molecule has 0 fully saturated rings. The van der Waals surface area contributed by atoms with Crippen LogP contribution in [0.3, 0.4) is 0 Å². The van der Waals surface area contributed by atoms with Crippen LogP contribution in [0.15, 0.2) is 42.2 Å². The highest BCUT2D eigenvalue weighted by molar-refractivity contribution is 5.24. The molecule has 0 aliphatic heterocycles. The number of hydrogen-bond acceptors (Lipinski definition) is 2. The molecule has 0 heterocycles. The van der Waals surface area contributed by atoms with E-state index in [1.807, 2.05) is 36.4 Å². The van der Waals surface area contributed by atoms with Gasteiger partial charge in [-0.3, -0.25) is 0 Å². The number of nitrogens with zero attached hydrogens (tertiary/aromatic N) is 1. The van der Waals surface area contributed by atoms with E-state index in [0.29, 0.717) is 5.76 Å². The van der Waals surface area contributed by atoms with Crippen LogP contribution in [0.2, 0.25) is 0 Å². The first-order valence-corrected chi connectivity index (χ1v) is 3.62. The summed E-state index contributed by atoms with van der Waals surface area (Å²) in [5, 5.41) is 8.31. The summed E-state index contributed by atoms with van der Waals surface area (Å²) in [6, 6.07) is 11.3.